The van der Waals surface area contributed by atoms with Gasteiger partial charge in [0.25, 0.3) is 0 Å². The third-order valence-corrected chi connectivity index (χ3v) is 6.55. The maximum atomic E-state index is 5.66. The first-order valence-electron chi connectivity index (χ1n) is 10.6. The predicted molar refractivity (Wildman–Crippen MR) is 125 cm³/mol. The normalized spacial score (nSPS) is 14.2. The summed E-state index contributed by atoms with van der Waals surface area (Å²) >= 11 is 1.65. The first-order valence-corrected chi connectivity index (χ1v) is 11.6. The molecule has 0 radical (unpaired) electrons. The number of rotatable bonds is 6. The van der Waals surface area contributed by atoms with Gasteiger partial charge in [0.2, 0.25) is 5.95 Å². The summed E-state index contributed by atoms with van der Waals surface area (Å²) < 4.78 is 7.80. The van der Waals surface area contributed by atoms with Crippen molar-refractivity contribution in [2.75, 3.05) is 25.1 Å². The fourth-order valence-electron chi connectivity index (χ4n) is 4.01. The van der Waals surface area contributed by atoms with E-state index in [0.29, 0.717) is 0 Å². The van der Waals surface area contributed by atoms with E-state index in [0.717, 1.165) is 58.0 Å². The zero-order valence-electron chi connectivity index (χ0n) is 17.6. The highest BCUT2D eigenvalue weighted by Gasteiger charge is 2.23. The van der Waals surface area contributed by atoms with Gasteiger partial charge in [0, 0.05) is 24.2 Å². The number of aromatic nitrogens is 4. The van der Waals surface area contributed by atoms with E-state index in [1.54, 1.807) is 18.9 Å². The van der Waals surface area contributed by atoms with Gasteiger partial charge in [0.05, 0.1) is 24.0 Å². The average molecular weight is 432 g/mol. The molecule has 1 saturated heterocycles. The molecule has 0 amide bonds. The van der Waals surface area contributed by atoms with E-state index < -0.39 is 0 Å². The van der Waals surface area contributed by atoms with Crippen LogP contribution in [0.25, 0.3) is 16.6 Å². The zero-order chi connectivity index (χ0) is 21.0. The molecule has 2 aromatic carbocycles. The fourth-order valence-corrected chi connectivity index (χ4v) is 4.85. The van der Waals surface area contributed by atoms with Crippen LogP contribution >= 0.6 is 11.8 Å². The number of benzene rings is 2. The van der Waals surface area contributed by atoms with Crippen LogP contribution in [0.1, 0.15) is 25.0 Å². The van der Waals surface area contributed by atoms with E-state index >= 15 is 0 Å². The summed E-state index contributed by atoms with van der Waals surface area (Å²) in [6.45, 7) is 2.01. The summed E-state index contributed by atoms with van der Waals surface area (Å²) in [4.78, 5) is 7.14. The molecule has 0 aliphatic carbocycles. The fraction of sp³-hybridized carbons (Fsp3) is 0.292. The van der Waals surface area contributed by atoms with Gasteiger partial charge in [0.1, 0.15) is 5.75 Å². The van der Waals surface area contributed by atoms with E-state index in [-0.39, 0.29) is 0 Å². The minimum atomic E-state index is 0.720. The molecule has 1 aliphatic rings. The van der Waals surface area contributed by atoms with Gasteiger partial charge >= 0.3 is 0 Å². The topological polar surface area (TPSA) is 56.1 Å². The lowest BCUT2D eigenvalue weighted by Crippen LogP contribution is -2.31. The van der Waals surface area contributed by atoms with E-state index in [9.17, 15) is 0 Å². The van der Waals surface area contributed by atoms with Crippen molar-refractivity contribution in [2.45, 2.75) is 30.2 Å². The lowest BCUT2D eigenvalue weighted by Gasteiger charge is -2.28. The second kappa shape index (κ2) is 8.98. The molecular formula is C24H25N5OS. The molecule has 0 saturated carbocycles. The first kappa shape index (κ1) is 19.9. The molecule has 0 unspecified atom stereocenters. The van der Waals surface area contributed by atoms with E-state index in [2.05, 4.69) is 50.0 Å². The Bertz CT molecular complexity index is 1190. The number of anilines is 1. The summed E-state index contributed by atoms with van der Waals surface area (Å²) in [7, 11) is 1.70. The molecule has 6 nitrogen and oxygen atoms in total. The van der Waals surface area contributed by atoms with E-state index in [1.165, 1.54) is 19.3 Å². The standard InChI is InChI=1S/C24H25N5OS/c1-30-22-12-6-5-11-21(22)29-23(28-15-7-2-8-16-28)26-27-24(29)31-17-19-14-13-18-9-3-4-10-20(18)25-19/h3-6,9-14H,2,7-8,15-17H2,1H3. The molecule has 1 aliphatic heterocycles. The van der Waals surface area contributed by atoms with E-state index in [4.69, 9.17) is 9.72 Å². The largest absolute Gasteiger partial charge is 0.495 e. The molecule has 7 heteroatoms. The maximum Gasteiger partial charge on any atom is 0.232 e. The van der Waals surface area contributed by atoms with Crippen molar-refractivity contribution in [3.05, 3.63) is 66.4 Å². The quantitative estimate of drug-likeness (QED) is 0.396. The number of para-hydroxylation sites is 3. The number of hydrogen-bond donors (Lipinski definition) is 0. The smallest absolute Gasteiger partial charge is 0.232 e. The van der Waals surface area contributed by atoms with Gasteiger partial charge < -0.3 is 9.64 Å². The van der Waals surface area contributed by atoms with Crippen LogP contribution in [-0.4, -0.2) is 39.9 Å². The van der Waals surface area contributed by atoms with Crippen molar-refractivity contribution in [1.82, 2.24) is 19.7 Å². The minimum absolute atomic E-state index is 0.720. The number of ether oxygens (including phenoxy) is 1. The van der Waals surface area contributed by atoms with E-state index in [1.807, 2.05) is 30.3 Å². The lowest BCUT2D eigenvalue weighted by molar-refractivity contribution is 0.412. The van der Waals surface area contributed by atoms with Crippen LogP contribution in [-0.2, 0) is 5.75 Å². The van der Waals surface area contributed by atoms with Gasteiger partial charge in [-0.15, -0.1) is 10.2 Å². The second-order valence-electron chi connectivity index (χ2n) is 7.62. The molecule has 5 rings (SSSR count). The van der Waals surface area contributed by atoms with Crippen molar-refractivity contribution < 1.29 is 4.74 Å². The Hall–Kier alpha value is -3.06. The highest BCUT2D eigenvalue weighted by atomic mass is 32.2. The Kier molecular flexibility index (Phi) is 5.76. The summed E-state index contributed by atoms with van der Waals surface area (Å²) in [5, 5.41) is 11.2. The molecule has 0 spiro atoms. The average Bonchev–Trinajstić information content (AvgIpc) is 3.27. The van der Waals surface area contributed by atoms with Gasteiger partial charge in [-0.25, -0.2) is 0 Å². The first-order chi connectivity index (χ1) is 15.3. The third-order valence-electron chi connectivity index (χ3n) is 5.59. The number of methoxy groups -OCH3 is 1. The van der Waals surface area contributed by atoms with Gasteiger partial charge in [0.15, 0.2) is 5.16 Å². The molecule has 31 heavy (non-hydrogen) atoms. The van der Waals surface area contributed by atoms with Crippen molar-refractivity contribution in [3.8, 4) is 11.4 Å². The van der Waals surface area contributed by atoms with Crippen LogP contribution in [0.2, 0.25) is 0 Å². The SMILES string of the molecule is COc1ccccc1-n1c(SCc2ccc3ccccc3n2)nnc1N1CCCCC1. The molecule has 1 fully saturated rings. The predicted octanol–water partition coefficient (Wildman–Crippen LogP) is 5.11. The molecule has 0 atom stereocenters. The third kappa shape index (κ3) is 4.10. The minimum Gasteiger partial charge on any atom is -0.495 e. The van der Waals surface area contributed by atoms with Gasteiger partial charge in [-0.2, -0.15) is 0 Å². The summed E-state index contributed by atoms with van der Waals surface area (Å²) in [6.07, 6.45) is 3.64. The van der Waals surface area contributed by atoms with Crippen LogP contribution in [0, 0.1) is 0 Å². The summed E-state index contributed by atoms with van der Waals surface area (Å²) in [5.74, 6) is 2.42. The maximum absolute atomic E-state index is 5.66. The molecule has 0 N–H and O–H groups in total. The number of pyridine rings is 1. The second-order valence-corrected chi connectivity index (χ2v) is 8.56. The number of nitrogens with zero attached hydrogens (tertiary/aromatic N) is 5. The molecule has 4 aromatic rings. The van der Waals surface area contributed by atoms with Crippen molar-refractivity contribution in [3.63, 3.8) is 0 Å². The van der Waals surface area contributed by atoms with Crippen LogP contribution in [0.4, 0.5) is 5.95 Å². The van der Waals surface area contributed by atoms with Crippen molar-refractivity contribution >= 4 is 28.6 Å². The van der Waals surface area contributed by atoms with Crippen LogP contribution < -0.4 is 9.64 Å². The number of hydrogen-bond acceptors (Lipinski definition) is 6. The summed E-state index contributed by atoms with van der Waals surface area (Å²) in [6, 6.07) is 20.5. The van der Waals surface area contributed by atoms with Crippen molar-refractivity contribution in [2.24, 2.45) is 0 Å². The van der Waals surface area contributed by atoms with Crippen LogP contribution in [0.15, 0.2) is 65.8 Å². The number of fused-ring (bicyclic) bond motifs is 1. The van der Waals surface area contributed by atoms with Gasteiger partial charge in [-0.05, 0) is 43.5 Å². The summed E-state index contributed by atoms with van der Waals surface area (Å²) in [5.41, 5.74) is 3.00. The Balaban J connectivity index is 1.49. The monoisotopic (exact) mass is 431 g/mol. The lowest BCUT2D eigenvalue weighted by atomic mass is 10.1. The number of piperidine rings is 1. The molecule has 2 aromatic heterocycles. The molecule has 158 valence electrons. The van der Waals surface area contributed by atoms with Crippen LogP contribution in [0.3, 0.4) is 0 Å². The highest BCUT2D eigenvalue weighted by molar-refractivity contribution is 7.98. The number of thioether (sulfide) groups is 1. The Morgan fingerprint density at radius 1 is 0.903 bits per heavy atom. The molecule has 3 heterocycles. The highest BCUT2D eigenvalue weighted by Crippen LogP contribution is 2.33. The van der Waals surface area contributed by atoms with Gasteiger partial charge in [-0.3, -0.25) is 9.55 Å². The Morgan fingerprint density at radius 3 is 2.58 bits per heavy atom. The zero-order valence-corrected chi connectivity index (χ0v) is 18.4. The van der Waals surface area contributed by atoms with Crippen LogP contribution in [0.5, 0.6) is 5.75 Å². The van der Waals surface area contributed by atoms with Gasteiger partial charge in [-0.1, -0.05) is 48.2 Å². The molecule has 0 bridgehead atoms. The Morgan fingerprint density at radius 2 is 1.71 bits per heavy atom. The van der Waals surface area contributed by atoms with Crippen molar-refractivity contribution in [1.29, 1.82) is 0 Å². The molecular weight excluding hydrogens is 406 g/mol. The Labute approximate surface area is 186 Å².